The number of benzene rings is 1. The second-order valence-corrected chi connectivity index (χ2v) is 6.78. The molecule has 0 saturated carbocycles. The molecule has 1 aromatic carbocycles. The Hall–Kier alpha value is -3.23. The van der Waals surface area contributed by atoms with E-state index in [0.717, 1.165) is 30.8 Å². The number of para-hydroxylation sites is 1. The van der Waals surface area contributed by atoms with E-state index in [2.05, 4.69) is 25.4 Å². The van der Waals surface area contributed by atoms with Crippen molar-refractivity contribution in [3.05, 3.63) is 58.8 Å². The van der Waals surface area contributed by atoms with Crippen molar-refractivity contribution in [3.8, 4) is 5.69 Å². The van der Waals surface area contributed by atoms with Crippen LogP contribution in [0, 0.1) is 5.92 Å². The first-order valence-electron chi connectivity index (χ1n) is 9.04. The molecule has 9 heteroatoms. The van der Waals surface area contributed by atoms with Crippen LogP contribution in [0.4, 0.5) is 0 Å². The van der Waals surface area contributed by atoms with Crippen LogP contribution in [0.2, 0.25) is 0 Å². The predicted molar refractivity (Wildman–Crippen MR) is 97.3 cm³/mol. The minimum atomic E-state index is -0.390. The molecule has 27 heavy (non-hydrogen) atoms. The number of piperidine rings is 1. The summed E-state index contributed by atoms with van der Waals surface area (Å²) in [5.41, 5.74) is 0.664. The molecular weight excluding hydrogens is 346 g/mol. The highest BCUT2D eigenvalue weighted by Crippen LogP contribution is 2.22. The molecule has 3 heterocycles. The lowest BCUT2D eigenvalue weighted by Gasteiger charge is -2.31. The van der Waals surface area contributed by atoms with Crippen LogP contribution in [0.15, 0.2) is 41.5 Å². The van der Waals surface area contributed by atoms with E-state index in [1.807, 2.05) is 39.8 Å². The van der Waals surface area contributed by atoms with Gasteiger partial charge in [-0.25, -0.2) is 9.89 Å². The highest BCUT2D eigenvalue weighted by atomic mass is 16.2. The molecule has 2 N–H and O–H groups in total. The van der Waals surface area contributed by atoms with E-state index in [0.29, 0.717) is 24.8 Å². The van der Waals surface area contributed by atoms with E-state index in [4.69, 9.17) is 0 Å². The number of nitrogens with one attached hydrogen (secondary N) is 2. The maximum atomic E-state index is 12.4. The van der Waals surface area contributed by atoms with Crippen LogP contribution in [-0.4, -0.2) is 53.8 Å². The minimum Gasteiger partial charge on any atom is -0.342 e. The highest BCUT2D eigenvalue weighted by Gasteiger charge is 2.25. The maximum Gasteiger partial charge on any atom is 0.340 e. The smallest absolute Gasteiger partial charge is 0.340 e. The van der Waals surface area contributed by atoms with E-state index in [9.17, 15) is 9.59 Å². The molecule has 1 aliphatic heterocycles. The Kier molecular flexibility index (Phi) is 4.82. The molecule has 3 aromatic rings. The molecule has 9 nitrogen and oxygen atoms in total. The third-order valence-corrected chi connectivity index (χ3v) is 4.96. The number of H-pyrrole nitrogens is 2. The standard InChI is InChI=1S/C18H21N7O2/c26-17(11-15-20-18(27)23-21-15)24-8-6-13(7-9-24)10-16-22-19-12-25(16)14-4-2-1-3-5-14/h1-5,12-13H,6-11H2,(H2,20,21,23,27). The Morgan fingerprint density at radius 1 is 1.19 bits per heavy atom. The van der Waals surface area contributed by atoms with Gasteiger partial charge in [-0.3, -0.25) is 14.3 Å². The summed E-state index contributed by atoms with van der Waals surface area (Å²) in [7, 11) is 0. The van der Waals surface area contributed by atoms with Gasteiger partial charge in [0.25, 0.3) is 0 Å². The molecule has 140 valence electrons. The Morgan fingerprint density at radius 3 is 2.67 bits per heavy atom. The fourth-order valence-corrected chi connectivity index (χ4v) is 3.49. The van der Waals surface area contributed by atoms with Crippen LogP contribution in [-0.2, 0) is 17.6 Å². The van der Waals surface area contributed by atoms with Gasteiger partial charge in [0, 0.05) is 25.2 Å². The van der Waals surface area contributed by atoms with Crippen LogP contribution in [0.1, 0.15) is 24.5 Å². The fraction of sp³-hybridized carbons (Fsp3) is 0.389. The number of amides is 1. The lowest BCUT2D eigenvalue weighted by atomic mass is 9.93. The summed E-state index contributed by atoms with van der Waals surface area (Å²) in [4.78, 5) is 27.8. The van der Waals surface area contributed by atoms with E-state index in [1.54, 1.807) is 6.33 Å². The second-order valence-electron chi connectivity index (χ2n) is 6.78. The van der Waals surface area contributed by atoms with Gasteiger partial charge in [-0.15, -0.1) is 10.2 Å². The molecule has 0 spiro atoms. The van der Waals surface area contributed by atoms with Crippen molar-refractivity contribution in [2.75, 3.05) is 13.1 Å². The topological polar surface area (TPSA) is 113 Å². The summed E-state index contributed by atoms with van der Waals surface area (Å²) in [5, 5.41) is 14.4. The molecule has 0 atom stereocenters. The van der Waals surface area contributed by atoms with E-state index >= 15 is 0 Å². The molecular formula is C18H21N7O2. The Balaban J connectivity index is 1.33. The van der Waals surface area contributed by atoms with Gasteiger partial charge >= 0.3 is 5.69 Å². The normalized spacial score (nSPS) is 15.2. The molecule has 1 amide bonds. The van der Waals surface area contributed by atoms with Gasteiger partial charge in [0.1, 0.15) is 18.0 Å². The van der Waals surface area contributed by atoms with Gasteiger partial charge in [-0.2, -0.15) is 5.10 Å². The summed E-state index contributed by atoms with van der Waals surface area (Å²) in [6.45, 7) is 1.41. The lowest BCUT2D eigenvalue weighted by Crippen LogP contribution is -2.40. The number of nitrogens with zero attached hydrogens (tertiary/aromatic N) is 5. The predicted octanol–water partition coefficient (Wildman–Crippen LogP) is 0.703. The average molecular weight is 367 g/mol. The maximum absolute atomic E-state index is 12.4. The van der Waals surface area contributed by atoms with E-state index in [-0.39, 0.29) is 18.0 Å². The van der Waals surface area contributed by atoms with E-state index in [1.165, 1.54) is 0 Å². The summed E-state index contributed by atoms with van der Waals surface area (Å²) in [5.74, 6) is 1.78. The summed E-state index contributed by atoms with van der Waals surface area (Å²) in [6.07, 6.45) is 4.54. The third kappa shape index (κ3) is 3.97. The number of carbonyl (C=O) groups excluding carboxylic acids is 1. The molecule has 2 aromatic heterocycles. The van der Waals surface area contributed by atoms with Crippen molar-refractivity contribution in [1.29, 1.82) is 0 Å². The average Bonchev–Trinajstić information content (AvgIpc) is 3.32. The molecule has 1 fully saturated rings. The Labute approximate surface area is 155 Å². The lowest BCUT2D eigenvalue weighted by molar-refractivity contribution is -0.131. The number of likely N-dealkylation sites (tertiary alicyclic amines) is 1. The summed E-state index contributed by atoms with van der Waals surface area (Å²) in [6, 6.07) is 10.0. The molecule has 1 aliphatic rings. The number of hydrogen-bond acceptors (Lipinski definition) is 5. The third-order valence-electron chi connectivity index (χ3n) is 4.96. The van der Waals surface area contributed by atoms with Crippen molar-refractivity contribution in [3.63, 3.8) is 0 Å². The second kappa shape index (κ2) is 7.56. The van der Waals surface area contributed by atoms with Crippen LogP contribution in [0.25, 0.3) is 5.69 Å². The highest BCUT2D eigenvalue weighted by molar-refractivity contribution is 5.78. The first kappa shape index (κ1) is 17.2. The largest absolute Gasteiger partial charge is 0.342 e. The van der Waals surface area contributed by atoms with E-state index < -0.39 is 0 Å². The number of aromatic amines is 2. The monoisotopic (exact) mass is 367 g/mol. The quantitative estimate of drug-likeness (QED) is 0.689. The number of aromatic nitrogens is 6. The Bertz CT molecular complexity index is 951. The van der Waals surface area contributed by atoms with Crippen LogP contribution < -0.4 is 5.69 Å². The van der Waals surface area contributed by atoms with Crippen molar-refractivity contribution in [2.24, 2.45) is 5.92 Å². The summed E-state index contributed by atoms with van der Waals surface area (Å²) < 4.78 is 2.02. The van der Waals surface area contributed by atoms with Crippen LogP contribution >= 0.6 is 0 Å². The van der Waals surface area contributed by atoms with Gasteiger partial charge in [0.05, 0.1) is 6.42 Å². The molecule has 1 saturated heterocycles. The Morgan fingerprint density at radius 2 is 1.96 bits per heavy atom. The molecule has 0 aliphatic carbocycles. The van der Waals surface area contributed by atoms with Gasteiger partial charge in [-0.1, -0.05) is 18.2 Å². The zero-order chi connectivity index (χ0) is 18.6. The number of hydrogen-bond donors (Lipinski definition) is 2. The van der Waals surface area contributed by atoms with Crippen LogP contribution in [0.5, 0.6) is 0 Å². The molecule has 0 unspecified atom stereocenters. The van der Waals surface area contributed by atoms with Crippen molar-refractivity contribution in [1.82, 2.24) is 34.8 Å². The van der Waals surface area contributed by atoms with Crippen molar-refractivity contribution >= 4 is 5.91 Å². The SMILES string of the molecule is O=C(Cc1n[nH]c(=O)[nH]1)N1CCC(Cc2nncn2-c2ccccc2)CC1. The van der Waals surface area contributed by atoms with Gasteiger partial charge in [0.2, 0.25) is 5.91 Å². The zero-order valence-corrected chi connectivity index (χ0v) is 14.8. The summed E-state index contributed by atoms with van der Waals surface area (Å²) >= 11 is 0. The van der Waals surface area contributed by atoms with Crippen molar-refractivity contribution in [2.45, 2.75) is 25.7 Å². The first-order chi connectivity index (χ1) is 13.2. The minimum absolute atomic E-state index is 0.0105. The van der Waals surface area contributed by atoms with Gasteiger partial charge in [-0.05, 0) is 30.9 Å². The van der Waals surface area contributed by atoms with Crippen LogP contribution in [0.3, 0.4) is 0 Å². The van der Waals surface area contributed by atoms with Gasteiger partial charge in [0.15, 0.2) is 0 Å². The van der Waals surface area contributed by atoms with Gasteiger partial charge < -0.3 is 4.90 Å². The fourth-order valence-electron chi connectivity index (χ4n) is 3.49. The van der Waals surface area contributed by atoms with Crippen molar-refractivity contribution < 1.29 is 4.79 Å². The zero-order valence-electron chi connectivity index (χ0n) is 14.8. The number of carbonyl (C=O) groups is 1. The molecule has 4 rings (SSSR count). The first-order valence-corrected chi connectivity index (χ1v) is 9.04. The molecule has 0 radical (unpaired) electrons. The number of rotatable bonds is 5. The molecule has 0 bridgehead atoms.